The van der Waals surface area contributed by atoms with Crippen molar-refractivity contribution in [2.75, 3.05) is 26.7 Å². The summed E-state index contributed by atoms with van der Waals surface area (Å²) in [7, 11) is -1.64. The molecule has 0 aliphatic carbocycles. The first-order valence-corrected chi connectivity index (χ1v) is 9.16. The molecule has 7 heteroatoms. The first-order valence-electron chi connectivity index (χ1n) is 6.55. The van der Waals surface area contributed by atoms with Crippen LogP contribution in [-0.4, -0.2) is 39.4 Å². The lowest BCUT2D eigenvalue weighted by Gasteiger charge is -2.32. The Kier molecular flexibility index (Phi) is 5.48. The number of piperidine rings is 1. The third-order valence-electron chi connectivity index (χ3n) is 3.51. The van der Waals surface area contributed by atoms with Gasteiger partial charge in [0.05, 0.1) is 5.02 Å². The quantitative estimate of drug-likeness (QED) is 0.872. The number of nitrogens with zero attached hydrogens (tertiary/aromatic N) is 1. The van der Waals surface area contributed by atoms with Crippen molar-refractivity contribution in [1.82, 2.24) is 9.62 Å². The molecule has 1 unspecified atom stereocenters. The molecule has 1 N–H and O–H groups in total. The summed E-state index contributed by atoms with van der Waals surface area (Å²) in [5.74, 6) is 0.356. The molecule has 0 radical (unpaired) electrons. The summed E-state index contributed by atoms with van der Waals surface area (Å²) in [5, 5.41) is 3.37. The standard InChI is InChI=1S/C13H18BrClN2O2S/c1-16-8-10-4-3-7-17(9-10)20(18,19)12-6-2-5-11(14)13(12)15/h2,5-6,10,16H,3-4,7-9H2,1H3. The van der Waals surface area contributed by atoms with Crippen molar-refractivity contribution in [1.29, 1.82) is 0 Å². The number of benzene rings is 1. The normalized spacial score (nSPS) is 21.1. The third-order valence-corrected chi connectivity index (χ3v) is 6.82. The first kappa shape index (κ1) is 16.2. The maximum absolute atomic E-state index is 12.7. The molecule has 1 atom stereocenters. The molecule has 0 saturated carbocycles. The van der Waals surface area contributed by atoms with Crippen LogP contribution in [0.5, 0.6) is 0 Å². The van der Waals surface area contributed by atoms with Gasteiger partial charge in [0.2, 0.25) is 10.0 Å². The Morgan fingerprint density at radius 2 is 2.25 bits per heavy atom. The van der Waals surface area contributed by atoms with Gasteiger partial charge < -0.3 is 5.32 Å². The van der Waals surface area contributed by atoms with Gasteiger partial charge in [0.25, 0.3) is 0 Å². The maximum Gasteiger partial charge on any atom is 0.244 e. The van der Waals surface area contributed by atoms with Crippen LogP contribution in [0, 0.1) is 5.92 Å². The van der Waals surface area contributed by atoms with Crippen LogP contribution in [-0.2, 0) is 10.0 Å². The highest BCUT2D eigenvalue weighted by Gasteiger charge is 2.31. The SMILES string of the molecule is CNCC1CCCN(S(=O)(=O)c2cccc(Br)c2Cl)C1. The van der Waals surface area contributed by atoms with Crippen LogP contribution < -0.4 is 5.32 Å². The maximum atomic E-state index is 12.7. The lowest BCUT2D eigenvalue weighted by molar-refractivity contribution is 0.263. The predicted octanol–water partition coefficient (Wildman–Crippen LogP) is 2.72. The van der Waals surface area contributed by atoms with E-state index < -0.39 is 10.0 Å². The Morgan fingerprint density at radius 3 is 2.95 bits per heavy atom. The Bertz CT molecular complexity index is 578. The molecule has 20 heavy (non-hydrogen) atoms. The number of sulfonamides is 1. The largest absolute Gasteiger partial charge is 0.319 e. The van der Waals surface area contributed by atoms with Crippen molar-refractivity contribution in [2.45, 2.75) is 17.7 Å². The highest BCUT2D eigenvalue weighted by molar-refractivity contribution is 9.10. The second-order valence-electron chi connectivity index (χ2n) is 4.98. The molecule has 112 valence electrons. The first-order chi connectivity index (χ1) is 9.46. The molecule has 1 aliphatic rings. The van der Waals surface area contributed by atoms with E-state index in [1.807, 2.05) is 7.05 Å². The topological polar surface area (TPSA) is 49.4 Å². The molecule has 1 aliphatic heterocycles. The molecule has 4 nitrogen and oxygen atoms in total. The summed E-state index contributed by atoms with van der Waals surface area (Å²) < 4.78 is 27.6. The Labute approximate surface area is 133 Å². The molecule has 0 spiro atoms. The van der Waals surface area contributed by atoms with Crippen LogP contribution in [0.4, 0.5) is 0 Å². The van der Waals surface area contributed by atoms with Gasteiger partial charge in [0.1, 0.15) is 4.90 Å². The fourth-order valence-electron chi connectivity index (χ4n) is 2.52. The summed E-state index contributed by atoms with van der Waals surface area (Å²) in [5.41, 5.74) is 0. The van der Waals surface area contributed by atoms with E-state index in [4.69, 9.17) is 11.6 Å². The van der Waals surface area contributed by atoms with Crippen LogP contribution in [0.15, 0.2) is 27.6 Å². The van der Waals surface area contributed by atoms with Gasteiger partial charge in [-0.25, -0.2) is 8.42 Å². The lowest BCUT2D eigenvalue weighted by Crippen LogP contribution is -2.42. The van der Waals surface area contributed by atoms with Gasteiger partial charge in [-0.2, -0.15) is 4.31 Å². The second-order valence-corrected chi connectivity index (χ2v) is 8.12. The fraction of sp³-hybridized carbons (Fsp3) is 0.538. The van der Waals surface area contributed by atoms with Crippen molar-refractivity contribution in [3.05, 3.63) is 27.7 Å². The molecular weight excluding hydrogens is 364 g/mol. The zero-order valence-electron chi connectivity index (χ0n) is 11.3. The zero-order valence-corrected chi connectivity index (χ0v) is 14.4. The van der Waals surface area contributed by atoms with Crippen molar-refractivity contribution >= 4 is 37.6 Å². The molecule has 1 aromatic rings. The van der Waals surface area contributed by atoms with Crippen molar-refractivity contribution in [2.24, 2.45) is 5.92 Å². The van der Waals surface area contributed by atoms with Crippen molar-refractivity contribution in [3.8, 4) is 0 Å². The van der Waals surface area contributed by atoms with Gasteiger partial charge in [-0.1, -0.05) is 17.7 Å². The number of hydrogen-bond acceptors (Lipinski definition) is 3. The van der Waals surface area contributed by atoms with E-state index in [0.29, 0.717) is 23.5 Å². The molecule has 0 amide bonds. The van der Waals surface area contributed by atoms with Crippen molar-refractivity contribution in [3.63, 3.8) is 0 Å². The van der Waals surface area contributed by atoms with E-state index in [1.54, 1.807) is 22.5 Å². The fourth-order valence-corrected chi connectivity index (χ4v) is 5.08. The Morgan fingerprint density at radius 1 is 1.50 bits per heavy atom. The third kappa shape index (κ3) is 3.36. The average Bonchev–Trinajstić information content (AvgIpc) is 2.42. The summed E-state index contributed by atoms with van der Waals surface area (Å²) in [4.78, 5) is 0.179. The average molecular weight is 382 g/mol. The van der Waals surface area contributed by atoms with E-state index in [1.165, 1.54) is 0 Å². The van der Waals surface area contributed by atoms with Gasteiger partial charge in [0.15, 0.2) is 0 Å². The lowest BCUT2D eigenvalue weighted by atomic mass is 10.00. The van der Waals surface area contributed by atoms with Gasteiger partial charge in [-0.15, -0.1) is 0 Å². The molecule has 2 rings (SSSR count). The summed E-state index contributed by atoms with van der Waals surface area (Å²) >= 11 is 9.40. The smallest absolute Gasteiger partial charge is 0.244 e. The van der Waals surface area contributed by atoms with E-state index in [0.717, 1.165) is 19.4 Å². The number of nitrogens with one attached hydrogen (secondary N) is 1. The minimum Gasteiger partial charge on any atom is -0.319 e. The minimum atomic E-state index is -3.52. The molecule has 0 aromatic heterocycles. The Hall–Kier alpha value is -0.140. The van der Waals surface area contributed by atoms with Gasteiger partial charge in [-0.3, -0.25) is 0 Å². The number of hydrogen-bond donors (Lipinski definition) is 1. The minimum absolute atomic E-state index is 0.179. The second kappa shape index (κ2) is 6.75. The van der Waals surface area contributed by atoms with E-state index in [9.17, 15) is 8.42 Å². The summed E-state index contributed by atoms with van der Waals surface area (Å²) in [6.45, 7) is 1.94. The van der Waals surface area contributed by atoms with Gasteiger partial charge >= 0.3 is 0 Å². The molecular formula is C13H18BrClN2O2S. The monoisotopic (exact) mass is 380 g/mol. The molecule has 1 fully saturated rings. The molecule has 0 bridgehead atoms. The van der Waals surface area contributed by atoms with Crippen LogP contribution in [0.2, 0.25) is 5.02 Å². The predicted molar refractivity (Wildman–Crippen MR) is 84.6 cm³/mol. The van der Waals surface area contributed by atoms with E-state index in [-0.39, 0.29) is 9.92 Å². The van der Waals surface area contributed by atoms with Crippen LogP contribution in [0.3, 0.4) is 0 Å². The summed E-state index contributed by atoms with van der Waals surface area (Å²) in [6.07, 6.45) is 1.94. The highest BCUT2D eigenvalue weighted by atomic mass is 79.9. The van der Waals surface area contributed by atoms with Crippen LogP contribution >= 0.6 is 27.5 Å². The highest BCUT2D eigenvalue weighted by Crippen LogP contribution is 2.32. The molecule has 1 aromatic carbocycles. The zero-order chi connectivity index (χ0) is 14.8. The van der Waals surface area contributed by atoms with Crippen molar-refractivity contribution < 1.29 is 8.42 Å². The van der Waals surface area contributed by atoms with Gasteiger partial charge in [0, 0.05) is 17.6 Å². The van der Waals surface area contributed by atoms with Crippen LogP contribution in [0.1, 0.15) is 12.8 Å². The van der Waals surface area contributed by atoms with E-state index in [2.05, 4.69) is 21.2 Å². The Balaban J connectivity index is 2.28. The molecule has 1 saturated heterocycles. The van der Waals surface area contributed by atoms with E-state index >= 15 is 0 Å². The van der Waals surface area contributed by atoms with Crippen LogP contribution in [0.25, 0.3) is 0 Å². The molecule has 1 heterocycles. The van der Waals surface area contributed by atoms with Gasteiger partial charge in [-0.05, 0) is 60.4 Å². The number of rotatable bonds is 4. The summed E-state index contributed by atoms with van der Waals surface area (Å²) in [6, 6.07) is 4.99. The number of halogens is 2.